The minimum absolute atomic E-state index is 0.313. The second-order valence-corrected chi connectivity index (χ2v) is 7.04. The van der Waals surface area contributed by atoms with E-state index in [4.69, 9.17) is 4.74 Å². The van der Waals surface area contributed by atoms with Gasteiger partial charge in [0.25, 0.3) is 0 Å². The predicted octanol–water partition coefficient (Wildman–Crippen LogP) is 6.01. The Bertz CT molecular complexity index is 919. The third-order valence-corrected chi connectivity index (χ3v) is 4.89. The van der Waals surface area contributed by atoms with Crippen molar-refractivity contribution in [1.82, 2.24) is 0 Å². The predicted molar refractivity (Wildman–Crippen MR) is 97.2 cm³/mol. The average molecular weight is 302 g/mol. The second kappa shape index (κ2) is 4.86. The quantitative estimate of drug-likeness (QED) is 0.535. The summed E-state index contributed by atoms with van der Waals surface area (Å²) in [6, 6.07) is 17.9. The highest BCUT2D eigenvalue weighted by Crippen LogP contribution is 2.46. The summed E-state index contributed by atoms with van der Waals surface area (Å²) in [5.74, 6) is 1.01. The number of fused-ring (bicyclic) bond motifs is 4. The number of hydrogen-bond acceptors (Lipinski definition) is 1. The molecule has 0 aromatic heterocycles. The van der Waals surface area contributed by atoms with Gasteiger partial charge in [0.1, 0.15) is 11.4 Å². The summed E-state index contributed by atoms with van der Waals surface area (Å²) in [6.45, 7) is 8.64. The lowest BCUT2D eigenvalue weighted by atomic mass is 9.84. The highest BCUT2D eigenvalue weighted by molar-refractivity contribution is 5.92. The molecule has 1 heterocycles. The molecular weight excluding hydrogens is 280 g/mol. The number of rotatable bonds is 1. The summed E-state index contributed by atoms with van der Waals surface area (Å²) < 4.78 is 6.37. The van der Waals surface area contributed by atoms with Crippen LogP contribution in [0.15, 0.2) is 48.5 Å². The minimum atomic E-state index is -0.313. The van der Waals surface area contributed by atoms with Crippen LogP contribution in [0.5, 0.6) is 5.75 Å². The second-order valence-electron chi connectivity index (χ2n) is 7.04. The maximum absolute atomic E-state index is 6.37. The van der Waals surface area contributed by atoms with Gasteiger partial charge in [-0.2, -0.15) is 0 Å². The van der Waals surface area contributed by atoms with E-state index >= 15 is 0 Å². The van der Waals surface area contributed by atoms with Gasteiger partial charge in [0.2, 0.25) is 0 Å². The van der Waals surface area contributed by atoms with Crippen LogP contribution in [-0.2, 0) is 12.0 Å². The summed E-state index contributed by atoms with van der Waals surface area (Å²) in [7, 11) is 0. The first-order chi connectivity index (χ1) is 11.0. The Hall–Kier alpha value is -2.28. The fraction of sp³-hybridized carbons (Fsp3) is 0.273. The molecule has 1 heteroatoms. The molecule has 1 aliphatic rings. The maximum atomic E-state index is 6.37. The Morgan fingerprint density at radius 2 is 1.70 bits per heavy atom. The van der Waals surface area contributed by atoms with Crippen molar-refractivity contribution in [3.63, 3.8) is 0 Å². The zero-order chi connectivity index (χ0) is 16.2. The van der Waals surface area contributed by atoms with Gasteiger partial charge in [-0.1, -0.05) is 42.8 Å². The van der Waals surface area contributed by atoms with Crippen LogP contribution in [0.1, 0.15) is 37.5 Å². The van der Waals surface area contributed by atoms with Gasteiger partial charge in [-0.3, -0.25) is 0 Å². The molecule has 0 fully saturated rings. The summed E-state index contributed by atoms with van der Waals surface area (Å²) >= 11 is 0. The molecule has 3 aromatic rings. The largest absolute Gasteiger partial charge is 0.482 e. The molecular formula is C22H22O. The Labute approximate surface area is 137 Å². The lowest BCUT2D eigenvalue weighted by Gasteiger charge is -2.35. The Morgan fingerprint density at radius 3 is 2.48 bits per heavy atom. The van der Waals surface area contributed by atoms with E-state index < -0.39 is 0 Å². The van der Waals surface area contributed by atoms with Crippen LogP contribution in [0.25, 0.3) is 21.9 Å². The smallest absolute Gasteiger partial charge is 0.129 e. The number of ether oxygens (including phenoxy) is 1. The molecule has 1 aliphatic heterocycles. The minimum Gasteiger partial charge on any atom is -0.482 e. The molecule has 0 aliphatic carbocycles. The van der Waals surface area contributed by atoms with Crippen molar-refractivity contribution in [3.8, 4) is 16.9 Å². The molecule has 0 bridgehead atoms. The molecule has 0 radical (unpaired) electrons. The lowest BCUT2D eigenvalue weighted by Crippen LogP contribution is -2.29. The van der Waals surface area contributed by atoms with Crippen LogP contribution in [0.4, 0.5) is 0 Å². The first kappa shape index (κ1) is 14.3. The van der Waals surface area contributed by atoms with Crippen LogP contribution in [0.2, 0.25) is 0 Å². The topological polar surface area (TPSA) is 9.23 Å². The molecule has 0 unspecified atom stereocenters. The summed E-state index contributed by atoms with van der Waals surface area (Å²) in [5, 5.41) is 2.58. The van der Waals surface area contributed by atoms with Gasteiger partial charge < -0.3 is 4.74 Å². The molecule has 0 N–H and O–H groups in total. The Kier molecular flexibility index (Phi) is 3.02. The van der Waals surface area contributed by atoms with Crippen LogP contribution in [0, 0.1) is 6.92 Å². The van der Waals surface area contributed by atoms with Crippen LogP contribution in [-0.4, -0.2) is 0 Å². The number of benzene rings is 3. The van der Waals surface area contributed by atoms with Crippen molar-refractivity contribution in [2.45, 2.75) is 39.7 Å². The van der Waals surface area contributed by atoms with Crippen molar-refractivity contribution >= 4 is 10.8 Å². The van der Waals surface area contributed by atoms with E-state index in [1.54, 1.807) is 0 Å². The van der Waals surface area contributed by atoms with E-state index in [1.807, 2.05) is 0 Å². The highest BCUT2D eigenvalue weighted by Gasteiger charge is 2.32. The summed E-state index contributed by atoms with van der Waals surface area (Å²) in [4.78, 5) is 0. The van der Waals surface area contributed by atoms with Crippen molar-refractivity contribution in [3.05, 3.63) is 65.2 Å². The third kappa shape index (κ3) is 2.23. The van der Waals surface area contributed by atoms with E-state index in [2.05, 4.69) is 76.2 Å². The fourth-order valence-electron chi connectivity index (χ4n) is 3.56. The average Bonchev–Trinajstić information content (AvgIpc) is 2.52. The zero-order valence-corrected chi connectivity index (χ0v) is 14.2. The normalized spacial score (nSPS) is 15.0. The SMILES string of the molecule is CCc1ccc2c(c1)OC(C)(C)c1cc3cc(C)ccc3cc1-2. The molecule has 0 atom stereocenters. The summed E-state index contributed by atoms with van der Waals surface area (Å²) in [5.41, 5.74) is 6.08. The molecule has 1 nitrogen and oxygen atoms in total. The summed E-state index contributed by atoms with van der Waals surface area (Å²) in [6.07, 6.45) is 1.03. The van der Waals surface area contributed by atoms with Crippen LogP contribution in [0.3, 0.4) is 0 Å². The molecule has 0 saturated carbocycles. The van der Waals surface area contributed by atoms with Crippen molar-refractivity contribution < 1.29 is 4.74 Å². The lowest BCUT2D eigenvalue weighted by molar-refractivity contribution is 0.106. The van der Waals surface area contributed by atoms with Crippen molar-refractivity contribution in [2.24, 2.45) is 0 Å². The van der Waals surface area contributed by atoms with Gasteiger partial charge in [0.05, 0.1) is 0 Å². The molecule has 4 rings (SSSR count). The van der Waals surface area contributed by atoms with Gasteiger partial charge in [0, 0.05) is 11.1 Å². The van der Waals surface area contributed by atoms with E-state index in [9.17, 15) is 0 Å². The van der Waals surface area contributed by atoms with Gasteiger partial charge in [-0.25, -0.2) is 0 Å². The molecule has 116 valence electrons. The fourth-order valence-corrected chi connectivity index (χ4v) is 3.56. The highest BCUT2D eigenvalue weighted by atomic mass is 16.5. The van der Waals surface area contributed by atoms with Crippen molar-refractivity contribution in [2.75, 3.05) is 0 Å². The molecule has 0 spiro atoms. The zero-order valence-electron chi connectivity index (χ0n) is 14.2. The van der Waals surface area contributed by atoms with Crippen LogP contribution >= 0.6 is 0 Å². The first-order valence-corrected chi connectivity index (χ1v) is 8.35. The van der Waals surface area contributed by atoms with E-state index in [-0.39, 0.29) is 5.60 Å². The standard InChI is InChI=1S/C22H22O/c1-5-15-7-9-18-19-12-16-8-6-14(2)10-17(16)13-20(19)22(3,4)23-21(18)11-15/h6-13H,5H2,1-4H3. The number of aryl methyl sites for hydroxylation is 2. The molecule has 23 heavy (non-hydrogen) atoms. The maximum Gasteiger partial charge on any atom is 0.129 e. The molecule has 0 saturated heterocycles. The van der Waals surface area contributed by atoms with Gasteiger partial charge in [-0.15, -0.1) is 0 Å². The van der Waals surface area contributed by atoms with Gasteiger partial charge in [-0.05, 0) is 67.3 Å². The number of hydrogen-bond donors (Lipinski definition) is 0. The van der Waals surface area contributed by atoms with E-state index in [1.165, 1.54) is 38.6 Å². The molecule has 0 amide bonds. The third-order valence-electron chi connectivity index (χ3n) is 4.89. The van der Waals surface area contributed by atoms with E-state index in [0.717, 1.165) is 12.2 Å². The van der Waals surface area contributed by atoms with Gasteiger partial charge in [0.15, 0.2) is 0 Å². The van der Waals surface area contributed by atoms with Crippen LogP contribution < -0.4 is 4.74 Å². The van der Waals surface area contributed by atoms with Gasteiger partial charge >= 0.3 is 0 Å². The van der Waals surface area contributed by atoms with Crippen molar-refractivity contribution in [1.29, 1.82) is 0 Å². The molecule has 3 aromatic carbocycles. The van der Waals surface area contributed by atoms with E-state index in [0.29, 0.717) is 0 Å². The Balaban J connectivity index is 2.03. The first-order valence-electron chi connectivity index (χ1n) is 8.35. The monoisotopic (exact) mass is 302 g/mol. The Morgan fingerprint density at radius 1 is 0.870 bits per heavy atom.